The molecule has 0 fully saturated rings. The molecule has 0 bridgehead atoms. The molecule has 0 aromatic carbocycles. The summed E-state index contributed by atoms with van der Waals surface area (Å²) in [6.45, 7) is 0. The highest BCUT2D eigenvalue weighted by Crippen LogP contribution is 2.29. The summed E-state index contributed by atoms with van der Waals surface area (Å²) >= 11 is 0. The zero-order valence-electron chi connectivity index (χ0n) is 8.62. The minimum Gasteiger partial charge on any atom is -0.506 e. The van der Waals surface area contributed by atoms with E-state index in [-0.39, 0.29) is 5.75 Å². The first-order valence-corrected chi connectivity index (χ1v) is 4.84. The van der Waals surface area contributed by atoms with Crippen LogP contribution < -0.4 is 5.73 Å². The summed E-state index contributed by atoms with van der Waals surface area (Å²) in [5.41, 5.74) is 7.58. The maximum atomic E-state index is 9.39. The lowest BCUT2D eigenvalue weighted by Crippen LogP contribution is -1.92. The normalized spacial score (nSPS) is 10.8. The fourth-order valence-corrected chi connectivity index (χ4v) is 1.65. The lowest BCUT2D eigenvalue weighted by atomic mass is 10.1. The number of H-pyrrole nitrogens is 1. The predicted molar refractivity (Wildman–Crippen MR) is 61.0 cm³/mol. The van der Waals surface area contributed by atoms with Crippen molar-refractivity contribution in [2.24, 2.45) is 0 Å². The Balaban J connectivity index is 2.31. The number of aromatic hydroxyl groups is 1. The van der Waals surface area contributed by atoms with Gasteiger partial charge in [-0.1, -0.05) is 0 Å². The number of nitrogen functional groups attached to an aromatic ring is 1. The van der Waals surface area contributed by atoms with Gasteiger partial charge in [-0.15, -0.1) is 0 Å². The van der Waals surface area contributed by atoms with Gasteiger partial charge < -0.3 is 10.8 Å². The second kappa shape index (κ2) is 3.41. The van der Waals surface area contributed by atoms with Gasteiger partial charge in [0.2, 0.25) is 0 Å². The third kappa shape index (κ3) is 1.44. The van der Waals surface area contributed by atoms with Crippen molar-refractivity contribution < 1.29 is 5.11 Å². The van der Waals surface area contributed by atoms with Gasteiger partial charge in [-0.2, -0.15) is 5.10 Å². The molecule has 17 heavy (non-hydrogen) atoms. The van der Waals surface area contributed by atoms with Gasteiger partial charge in [0.1, 0.15) is 17.9 Å². The van der Waals surface area contributed by atoms with Crippen molar-refractivity contribution in [3.8, 4) is 17.0 Å². The molecule has 3 rings (SSSR count). The molecule has 0 radical (unpaired) electrons. The molecule has 0 saturated heterocycles. The van der Waals surface area contributed by atoms with Gasteiger partial charge in [0.15, 0.2) is 5.65 Å². The Morgan fingerprint density at radius 2 is 2.12 bits per heavy atom. The largest absolute Gasteiger partial charge is 0.506 e. The molecule has 4 N–H and O–H groups in total. The van der Waals surface area contributed by atoms with Crippen molar-refractivity contribution >= 4 is 16.9 Å². The van der Waals surface area contributed by atoms with E-state index < -0.39 is 0 Å². The lowest BCUT2D eigenvalue weighted by Gasteiger charge is -2.00. The molecule has 0 saturated carbocycles. The van der Waals surface area contributed by atoms with Crippen LogP contribution in [0.5, 0.6) is 5.75 Å². The summed E-state index contributed by atoms with van der Waals surface area (Å²) in [6.07, 6.45) is 4.30. The van der Waals surface area contributed by atoms with Gasteiger partial charge in [-0.3, -0.25) is 10.1 Å². The van der Waals surface area contributed by atoms with E-state index in [1.165, 1.54) is 12.5 Å². The van der Waals surface area contributed by atoms with Crippen molar-refractivity contribution in [3.63, 3.8) is 0 Å². The number of hydrogen-bond acceptors (Lipinski definition) is 6. The maximum absolute atomic E-state index is 9.39. The van der Waals surface area contributed by atoms with Crippen molar-refractivity contribution in [3.05, 3.63) is 24.8 Å². The van der Waals surface area contributed by atoms with E-state index in [9.17, 15) is 5.11 Å². The molecular weight excluding hydrogens is 220 g/mol. The first-order chi connectivity index (χ1) is 8.25. The van der Waals surface area contributed by atoms with Crippen LogP contribution in [0.4, 0.5) is 5.82 Å². The van der Waals surface area contributed by atoms with Crippen LogP contribution in [-0.2, 0) is 0 Å². The number of hydrogen-bond donors (Lipinski definition) is 3. The van der Waals surface area contributed by atoms with Crippen molar-refractivity contribution in [2.45, 2.75) is 0 Å². The van der Waals surface area contributed by atoms with E-state index in [0.29, 0.717) is 28.1 Å². The van der Waals surface area contributed by atoms with Crippen molar-refractivity contribution in [2.75, 3.05) is 5.73 Å². The van der Waals surface area contributed by atoms with E-state index in [1.54, 1.807) is 12.3 Å². The summed E-state index contributed by atoms with van der Waals surface area (Å²) < 4.78 is 0. The molecule has 84 valence electrons. The van der Waals surface area contributed by atoms with E-state index in [0.717, 1.165) is 0 Å². The topological polar surface area (TPSA) is 114 Å². The summed E-state index contributed by atoms with van der Waals surface area (Å²) in [4.78, 5) is 11.8. The van der Waals surface area contributed by atoms with Crippen LogP contribution in [0.25, 0.3) is 22.3 Å². The van der Waals surface area contributed by atoms with Crippen molar-refractivity contribution in [1.82, 2.24) is 25.1 Å². The van der Waals surface area contributed by atoms with Gasteiger partial charge in [0.05, 0.1) is 17.3 Å². The average Bonchev–Trinajstić information content (AvgIpc) is 2.74. The van der Waals surface area contributed by atoms with Crippen LogP contribution in [0.1, 0.15) is 0 Å². The highest BCUT2D eigenvalue weighted by Gasteiger charge is 2.12. The molecule has 7 heteroatoms. The van der Waals surface area contributed by atoms with E-state index in [1.807, 2.05) is 0 Å². The fourth-order valence-electron chi connectivity index (χ4n) is 1.65. The molecule has 0 atom stereocenters. The minimum absolute atomic E-state index is 0.0701. The van der Waals surface area contributed by atoms with Gasteiger partial charge >= 0.3 is 0 Å². The molecule has 0 spiro atoms. The van der Waals surface area contributed by atoms with E-state index in [4.69, 9.17) is 5.73 Å². The molecular formula is C10H8N6O. The molecule has 3 aromatic heterocycles. The zero-order valence-corrected chi connectivity index (χ0v) is 8.62. The average molecular weight is 228 g/mol. The minimum atomic E-state index is 0.0701. The Morgan fingerprint density at radius 1 is 1.24 bits per heavy atom. The number of nitrogens with two attached hydrogens (primary N) is 1. The lowest BCUT2D eigenvalue weighted by molar-refractivity contribution is 0.473. The number of rotatable bonds is 1. The Hall–Kier alpha value is -2.70. The first-order valence-electron chi connectivity index (χ1n) is 4.84. The second-order valence-electron chi connectivity index (χ2n) is 3.49. The molecule has 0 aliphatic heterocycles. The molecule has 7 nitrogen and oxygen atoms in total. The maximum Gasteiger partial charge on any atom is 0.186 e. The van der Waals surface area contributed by atoms with Crippen LogP contribution in [0.3, 0.4) is 0 Å². The first kappa shape index (κ1) is 9.52. The number of aromatic amines is 1. The Morgan fingerprint density at radius 3 is 2.94 bits per heavy atom. The van der Waals surface area contributed by atoms with Crippen LogP contribution in [0.2, 0.25) is 0 Å². The summed E-state index contributed by atoms with van der Waals surface area (Å²) in [7, 11) is 0. The standard InChI is InChI=1S/C10H8N6O/c11-9-7-8(5-1-6(17)3-12-2-5)15-16-10(7)14-4-13-9/h1-4,17H,(H3,11,13,14,15,16). The Labute approximate surface area is 95.4 Å². The Bertz CT molecular complexity index is 692. The summed E-state index contributed by atoms with van der Waals surface area (Å²) in [5, 5.41) is 16.9. The fraction of sp³-hybridized carbons (Fsp3) is 0. The molecule has 0 aliphatic rings. The van der Waals surface area contributed by atoms with Crippen LogP contribution in [-0.4, -0.2) is 30.3 Å². The highest BCUT2D eigenvalue weighted by molar-refractivity contribution is 5.97. The Kier molecular flexibility index (Phi) is 1.91. The zero-order chi connectivity index (χ0) is 11.8. The molecule has 0 amide bonds. The smallest absolute Gasteiger partial charge is 0.186 e. The second-order valence-corrected chi connectivity index (χ2v) is 3.49. The highest BCUT2D eigenvalue weighted by atomic mass is 16.3. The van der Waals surface area contributed by atoms with Crippen molar-refractivity contribution in [1.29, 1.82) is 0 Å². The number of pyridine rings is 1. The molecule has 3 heterocycles. The third-order valence-electron chi connectivity index (χ3n) is 2.39. The number of fused-ring (bicyclic) bond motifs is 1. The SMILES string of the molecule is Nc1ncnc2n[nH]c(-c3cncc(O)c3)c12. The number of anilines is 1. The molecule has 3 aromatic rings. The predicted octanol–water partition coefficient (Wildman–Crippen LogP) is 0.703. The van der Waals surface area contributed by atoms with Gasteiger partial charge in [0, 0.05) is 11.8 Å². The van der Waals surface area contributed by atoms with E-state index in [2.05, 4.69) is 25.1 Å². The van der Waals surface area contributed by atoms with Crippen LogP contribution >= 0.6 is 0 Å². The van der Waals surface area contributed by atoms with Crippen LogP contribution in [0.15, 0.2) is 24.8 Å². The quantitative estimate of drug-likeness (QED) is 0.565. The van der Waals surface area contributed by atoms with Gasteiger partial charge in [-0.05, 0) is 6.07 Å². The van der Waals surface area contributed by atoms with E-state index >= 15 is 0 Å². The van der Waals surface area contributed by atoms with Gasteiger partial charge in [0.25, 0.3) is 0 Å². The summed E-state index contributed by atoms with van der Waals surface area (Å²) in [5.74, 6) is 0.405. The monoisotopic (exact) mass is 228 g/mol. The number of aromatic nitrogens is 5. The number of nitrogens with one attached hydrogen (secondary N) is 1. The molecule has 0 aliphatic carbocycles. The summed E-state index contributed by atoms with van der Waals surface area (Å²) in [6, 6.07) is 1.56. The third-order valence-corrected chi connectivity index (χ3v) is 2.39. The van der Waals surface area contributed by atoms with Gasteiger partial charge in [-0.25, -0.2) is 9.97 Å². The van der Waals surface area contributed by atoms with Crippen LogP contribution in [0, 0.1) is 0 Å². The molecule has 0 unspecified atom stereocenters. The number of nitrogens with zero attached hydrogens (tertiary/aromatic N) is 4.